The van der Waals surface area contributed by atoms with Crippen LogP contribution in [0.3, 0.4) is 0 Å². The maximum Gasteiger partial charge on any atom is 0.310 e. The van der Waals surface area contributed by atoms with Crippen LogP contribution in [0, 0.1) is 5.92 Å². The average Bonchev–Trinajstić information content (AvgIpc) is 2.35. The molecule has 82 valence electrons. The van der Waals surface area contributed by atoms with Crippen molar-refractivity contribution < 1.29 is 19.5 Å². The molecule has 1 rings (SSSR count). The van der Waals surface area contributed by atoms with Gasteiger partial charge >= 0.3 is 5.97 Å². The van der Waals surface area contributed by atoms with E-state index in [1.807, 2.05) is 13.8 Å². The summed E-state index contributed by atoms with van der Waals surface area (Å²) in [4.78, 5) is 11.3. The Kier molecular flexibility index (Phi) is 1.70. The van der Waals surface area contributed by atoms with Gasteiger partial charge in [0.15, 0.2) is 0 Å². The van der Waals surface area contributed by atoms with E-state index >= 15 is 0 Å². The summed E-state index contributed by atoms with van der Waals surface area (Å²) in [5.41, 5.74) is -0.418. The number of hydrogen-bond acceptors (Lipinski definition) is 1. The molecule has 2 heteroatoms. The molecule has 0 radical (unpaired) electrons. The first-order chi connectivity index (χ1) is 9.89. The fraction of sp³-hybridized carbons (Fsp3) is 0.462. The lowest BCUT2D eigenvalue weighted by molar-refractivity contribution is -0.138. The van der Waals surface area contributed by atoms with Gasteiger partial charge < -0.3 is 5.11 Å². The third-order valence-electron chi connectivity index (χ3n) is 1.84. The fourth-order valence-corrected chi connectivity index (χ4v) is 1.13. The molecular weight excluding hydrogens is 188 g/mol. The first-order valence-corrected chi connectivity index (χ1v) is 4.71. The minimum atomic E-state index is -2.96. The molecule has 0 fully saturated rings. The second-order valence-electron chi connectivity index (χ2n) is 3.76. The number of carboxylic acids is 1. The molecule has 0 bridgehead atoms. The second-order valence-corrected chi connectivity index (χ2v) is 3.76. The average molecular weight is 213 g/mol. The van der Waals surface area contributed by atoms with Gasteiger partial charge in [0.25, 0.3) is 0 Å². The molecule has 0 amide bonds. The van der Waals surface area contributed by atoms with Crippen molar-refractivity contribution in [2.45, 2.75) is 33.0 Å². The Morgan fingerprint density at radius 3 is 2.47 bits per heavy atom. The number of carbonyl (C=O) groups is 1. The molecule has 0 spiro atoms. The summed E-state index contributed by atoms with van der Waals surface area (Å²) in [5.74, 6) is -3.71. The number of hydrogen-bond donors (Lipinski definition) is 1. The quantitative estimate of drug-likeness (QED) is 0.834. The topological polar surface area (TPSA) is 37.3 Å². The van der Waals surface area contributed by atoms with Crippen molar-refractivity contribution >= 4 is 5.97 Å². The smallest absolute Gasteiger partial charge is 0.310 e. The van der Waals surface area contributed by atoms with E-state index in [4.69, 9.17) is 14.7 Å². The van der Waals surface area contributed by atoms with Gasteiger partial charge in [0, 0.05) is 4.11 Å². The van der Waals surface area contributed by atoms with Crippen LogP contribution in [0.25, 0.3) is 0 Å². The lowest BCUT2D eigenvalue weighted by atomic mass is 9.97. The van der Waals surface area contributed by atoms with Gasteiger partial charge in [-0.3, -0.25) is 4.79 Å². The molecule has 0 saturated carbocycles. The number of benzene rings is 1. The Hall–Kier alpha value is -1.31. The predicted octanol–water partition coefficient (Wildman–Crippen LogP) is 3.07. The zero-order valence-electron chi connectivity index (χ0n) is 15.7. The Labute approximate surface area is 101 Å². The maximum atomic E-state index is 11.3. The van der Waals surface area contributed by atoms with Crippen LogP contribution in [0.15, 0.2) is 24.2 Å². The Bertz CT molecular complexity index is 564. The summed E-state index contributed by atoms with van der Waals surface area (Å²) in [7, 11) is 0. The highest BCUT2D eigenvalue weighted by molar-refractivity contribution is 5.75. The van der Waals surface area contributed by atoms with Crippen molar-refractivity contribution in [3.63, 3.8) is 0 Å². The highest BCUT2D eigenvalue weighted by atomic mass is 16.4. The summed E-state index contributed by atoms with van der Waals surface area (Å²) in [6.45, 7) is 0.737. The van der Waals surface area contributed by atoms with Crippen LogP contribution in [0.4, 0.5) is 0 Å². The molecule has 0 unspecified atom stereocenters. The maximum absolute atomic E-state index is 11.3. The van der Waals surface area contributed by atoms with Crippen molar-refractivity contribution in [3.8, 4) is 0 Å². The van der Waals surface area contributed by atoms with E-state index in [1.54, 1.807) is 0 Å². The largest absolute Gasteiger partial charge is 0.481 e. The zero-order chi connectivity index (χ0) is 17.4. The number of carboxylic acid groups (broad SMARTS) is 1. The summed E-state index contributed by atoms with van der Waals surface area (Å²) >= 11 is 0. The van der Waals surface area contributed by atoms with E-state index in [1.165, 1.54) is 0 Å². The van der Waals surface area contributed by atoms with Crippen LogP contribution in [-0.2, 0) is 11.2 Å². The molecule has 15 heavy (non-hydrogen) atoms. The van der Waals surface area contributed by atoms with Crippen molar-refractivity contribution in [1.82, 2.24) is 0 Å². The van der Waals surface area contributed by atoms with Crippen LogP contribution in [0.2, 0.25) is 0 Å². The molecular formula is C13H18O2. The third kappa shape index (κ3) is 3.39. The Morgan fingerprint density at radius 1 is 1.47 bits per heavy atom. The van der Waals surface area contributed by atoms with Gasteiger partial charge in [-0.1, -0.05) is 38.0 Å². The minimum absolute atomic E-state index is 0.0794. The predicted molar refractivity (Wildman–Crippen MR) is 61.0 cm³/mol. The van der Waals surface area contributed by atoms with Gasteiger partial charge in [0.05, 0.1) is 11.4 Å². The molecule has 1 atom stereocenters. The molecule has 0 aromatic heterocycles. The first-order valence-electron chi connectivity index (χ1n) is 8.21. The molecule has 0 saturated heterocycles. The van der Waals surface area contributed by atoms with E-state index < -0.39 is 36.4 Å². The van der Waals surface area contributed by atoms with Gasteiger partial charge in [-0.05, 0) is 30.3 Å². The van der Waals surface area contributed by atoms with Crippen LogP contribution in [0.5, 0.6) is 0 Å². The van der Waals surface area contributed by atoms with E-state index in [0.717, 1.165) is 0 Å². The lowest BCUT2D eigenvalue weighted by Crippen LogP contribution is -2.07. The number of rotatable bonds is 4. The molecule has 1 aromatic rings. The third-order valence-corrected chi connectivity index (χ3v) is 1.84. The standard InChI is InChI=1S/C13H18O2/c1-9(2)8-11-4-6-12(7-5-11)10(3)13(14)15/h4-7,9-10H,8H2,1-3H3,(H,14,15)/t10-/m1/s1/i3D3,4D,5D,6D,7D. The monoisotopic (exact) mass is 213 g/mol. The van der Waals surface area contributed by atoms with Crippen molar-refractivity contribution in [2.24, 2.45) is 5.92 Å². The van der Waals surface area contributed by atoms with Gasteiger partial charge in [-0.25, -0.2) is 0 Å². The highest BCUT2D eigenvalue weighted by Crippen LogP contribution is 2.17. The van der Waals surface area contributed by atoms with Crippen molar-refractivity contribution in [2.75, 3.05) is 0 Å². The van der Waals surface area contributed by atoms with Gasteiger partial charge in [-0.2, -0.15) is 0 Å². The summed E-state index contributed by atoms with van der Waals surface area (Å²) in [6, 6.07) is -1.94. The summed E-state index contributed by atoms with van der Waals surface area (Å²) in [6.07, 6.45) is 0.293. The van der Waals surface area contributed by atoms with Gasteiger partial charge in [0.2, 0.25) is 0 Å². The molecule has 2 nitrogen and oxygen atoms in total. The van der Waals surface area contributed by atoms with Gasteiger partial charge in [0.1, 0.15) is 0 Å². The second kappa shape index (κ2) is 4.96. The normalized spacial score (nSPS) is 20.3. The summed E-state index contributed by atoms with van der Waals surface area (Å²) < 4.78 is 53.7. The minimum Gasteiger partial charge on any atom is -0.481 e. The Balaban J connectivity index is 3.68. The molecule has 0 aliphatic carbocycles. The van der Waals surface area contributed by atoms with E-state index in [2.05, 4.69) is 0 Å². The zero-order valence-corrected chi connectivity index (χ0v) is 8.72. The number of aliphatic carboxylic acids is 1. The van der Waals surface area contributed by atoms with Crippen LogP contribution < -0.4 is 0 Å². The van der Waals surface area contributed by atoms with Crippen LogP contribution in [-0.4, -0.2) is 11.1 Å². The molecule has 1 N–H and O–H groups in total. The van der Waals surface area contributed by atoms with E-state index in [0.29, 0.717) is 6.42 Å². The van der Waals surface area contributed by atoms with Crippen molar-refractivity contribution in [1.29, 1.82) is 0 Å². The highest BCUT2D eigenvalue weighted by Gasteiger charge is 2.12. The summed E-state index contributed by atoms with van der Waals surface area (Å²) in [5, 5.41) is 9.16. The van der Waals surface area contributed by atoms with E-state index in [9.17, 15) is 4.79 Å². The first kappa shape index (κ1) is 5.15. The Morgan fingerprint density at radius 2 is 2.07 bits per heavy atom. The molecule has 1 aromatic carbocycles. The van der Waals surface area contributed by atoms with E-state index in [-0.39, 0.29) is 23.6 Å². The lowest BCUT2D eigenvalue weighted by Gasteiger charge is -2.09. The van der Waals surface area contributed by atoms with Crippen LogP contribution in [0.1, 0.15) is 47.3 Å². The van der Waals surface area contributed by atoms with Gasteiger partial charge in [-0.15, -0.1) is 0 Å². The molecule has 0 aliphatic heterocycles. The fourth-order valence-electron chi connectivity index (χ4n) is 1.13. The molecule has 0 heterocycles. The van der Waals surface area contributed by atoms with Crippen LogP contribution >= 0.6 is 0 Å². The molecule has 0 aliphatic rings. The SMILES string of the molecule is [2H]c1c([2H])c([C@H](C(=O)O)C([2H])([2H])[2H])c([2H])c([2H])c1CC(C)C. The van der Waals surface area contributed by atoms with Crippen molar-refractivity contribution in [3.05, 3.63) is 35.3 Å².